The molecule has 0 amide bonds. The summed E-state index contributed by atoms with van der Waals surface area (Å²) in [5, 5.41) is 22.4. The highest BCUT2D eigenvalue weighted by atomic mass is 16.5. The summed E-state index contributed by atoms with van der Waals surface area (Å²) in [6.45, 7) is 7.15. The van der Waals surface area contributed by atoms with Crippen LogP contribution in [0.3, 0.4) is 0 Å². The van der Waals surface area contributed by atoms with Crippen LogP contribution >= 0.6 is 0 Å². The van der Waals surface area contributed by atoms with Gasteiger partial charge in [0.1, 0.15) is 5.78 Å². The number of hydrogen-bond donors (Lipinski definition) is 2. The molecule has 5 nitrogen and oxygen atoms in total. The topological polar surface area (TPSA) is 83.8 Å². The second-order valence-electron chi connectivity index (χ2n) is 7.99. The number of ether oxygens (including phenoxy) is 1. The third-order valence-electron chi connectivity index (χ3n) is 7.48. The average Bonchev–Trinajstić information content (AvgIpc) is 2.81. The molecule has 5 heteroatoms. The van der Waals surface area contributed by atoms with Crippen LogP contribution in [0.15, 0.2) is 0 Å². The lowest BCUT2D eigenvalue weighted by Gasteiger charge is -2.45. The van der Waals surface area contributed by atoms with E-state index in [-0.39, 0.29) is 18.1 Å². The van der Waals surface area contributed by atoms with Gasteiger partial charge in [-0.25, -0.2) is 4.79 Å². The maximum atomic E-state index is 12.8. The summed E-state index contributed by atoms with van der Waals surface area (Å²) in [5.74, 6) is -1.04. The Morgan fingerprint density at radius 1 is 1.24 bits per heavy atom. The molecule has 2 bridgehead atoms. The van der Waals surface area contributed by atoms with Gasteiger partial charge in [0.05, 0.1) is 18.1 Å². The number of rotatable bonds is 1. The highest BCUT2D eigenvalue weighted by Gasteiger charge is 2.91. The molecular formula is C16H24O5. The van der Waals surface area contributed by atoms with Crippen LogP contribution in [0.2, 0.25) is 0 Å². The van der Waals surface area contributed by atoms with Gasteiger partial charge >= 0.3 is 5.97 Å². The summed E-state index contributed by atoms with van der Waals surface area (Å²) in [7, 11) is 1.22. The van der Waals surface area contributed by atoms with E-state index in [1.165, 1.54) is 7.11 Å². The Morgan fingerprint density at radius 3 is 2.33 bits per heavy atom. The van der Waals surface area contributed by atoms with Gasteiger partial charge in [0.2, 0.25) is 0 Å². The number of aliphatic hydroxyl groups is 2. The number of ketones is 1. The van der Waals surface area contributed by atoms with Crippen molar-refractivity contribution in [2.24, 2.45) is 22.2 Å². The van der Waals surface area contributed by atoms with Gasteiger partial charge in [0, 0.05) is 11.8 Å². The normalized spacial score (nSPS) is 53.9. The zero-order valence-corrected chi connectivity index (χ0v) is 13.3. The minimum absolute atomic E-state index is 0.0379. The Bertz CT molecular complexity index is 551. The largest absolute Gasteiger partial charge is 0.467 e. The van der Waals surface area contributed by atoms with Crippen molar-refractivity contribution >= 4 is 11.8 Å². The predicted octanol–water partition coefficient (Wildman–Crippen LogP) is 1.06. The molecular weight excluding hydrogens is 272 g/mol. The summed E-state index contributed by atoms with van der Waals surface area (Å²) in [4.78, 5) is 25.3. The first kappa shape index (κ1) is 15.0. The van der Waals surface area contributed by atoms with E-state index in [1.807, 2.05) is 13.8 Å². The van der Waals surface area contributed by atoms with Crippen molar-refractivity contribution in [3.8, 4) is 0 Å². The number of Topliss-reactive ketones (excluding diaryl/α,β-unsaturated/α-hetero) is 1. The molecule has 1 spiro atoms. The summed E-state index contributed by atoms with van der Waals surface area (Å²) < 4.78 is 4.87. The molecule has 0 unspecified atom stereocenters. The second-order valence-corrected chi connectivity index (χ2v) is 7.99. The van der Waals surface area contributed by atoms with Crippen LogP contribution in [0, 0.1) is 22.2 Å². The average molecular weight is 296 g/mol. The molecule has 0 saturated heterocycles. The minimum atomic E-state index is -1.97. The first-order chi connectivity index (χ1) is 9.45. The molecule has 0 aromatic rings. The van der Waals surface area contributed by atoms with Gasteiger partial charge in [-0.1, -0.05) is 13.8 Å². The van der Waals surface area contributed by atoms with E-state index in [4.69, 9.17) is 4.74 Å². The third kappa shape index (κ3) is 1.07. The van der Waals surface area contributed by atoms with Crippen LogP contribution in [0.4, 0.5) is 0 Å². The Morgan fingerprint density at radius 2 is 1.81 bits per heavy atom. The van der Waals surface area contributed by atoms with Gasteiger partial charge in [0.25, 0.3) is 0 Å². The van der Waals surface area contributed by atoms with Crippen LogP contribution in [0.25, 0.3) is 0 Å². The van der Waals surface area contributed by atoms with Crippen LogP contribution in [-0.2, 0) is 14.3 Å². The molecule has 3 aliphatic rings. The van der Waals surface area contributed by atoms with Crippen molar-refractivity contribution in [1.82, 2.24) is 0 Å². The van der Waals surface area contributed by atoms with Crippen LogP contribution in [0.5, 0.6) is 0 Å². The second kappa shape index (κ2) is 3.51. The van der Waals surface area contributed by atoms with Crippen molar-refractivity contribution in [3.63, 3.8) is 0 Å². The van der Waals surface area contributed by atoms with E-state index in [0.717, 1.165) is 0 Å². The zero-order chi connectivity index (χ0) is 16.1. The van der Waals surface area contributed by atoms with Crippen molar-refractivity contribution in [1.29, 1.82) is 0 Å². The Kier molecular flexibility index (Phi) is 2.51. The van der Waals surface area contributed by atoms with E-state index >= 15 is 0 Å². The predicted molar refractivity (Wildman–Crippen MR) is 74.3 cm³/mol. The fourth-order valence-electron chi connectivity index (χ4n) is 6.12. The summed E-state index contributed by atoms with van der Waals surface area (Å²) in [6.07, 6.45) is 1.21. The molecule has 0 aromatic heterocycles. The quantitative estimate of drug-likeness (QED) is 0.707. The highest BCUT2D eigenvalue weighted by Crippen LogP contribution is 2.82. The molecule has 0 radical (unpaired) electrons. The molecule has 0 aliphatic heterocycles. The fourth-order valence-corrected chi connectivity index (χ4v) is 6.12. The maximum absolute atomic E-state index is 12.8. The molecule has 3 aliphatic carbocycles. The number of carbonyl (C=O) groups excluding carboxylic acids is 2. The van der Waals surface area contributed by atoms with E-state index in [2.05, 4.69) is 0 Å². The van der Waals surface area contributed by atoms with Crippen molar-refractivity contribution < 1.29 is 24.5 Å². The number of carbonyl (C=O) groups is 2. The molecule has 5 atom stereocenters. The van der Waals surface area contributed by atoms with Crippen LogP contribution in [-0.4, -0.2) is 40.3 Å². The summed E-state index contributed by atoms with van der Waals surface area (Å²) in [6, 6.07) is 0. The molecule has 3 saturated carbocycles. The van der Waals surface area contributed by atoms with Crippen LogP contribution < -0.4 is 0 Å². The highest BCUT2D eigenvalue weighted by molar-refractivity contribution is 6.02. The Labute approximate surface area is 124 Å². The first-order valence-electron chi connectivity index (χ1n) is 7.51. The molecule has 118 valence electrons. The standard InChI is InChI=1S/C16H24O5/c1-12(2)9-6-7-13(3,19)15(9)8-10(17)14(12,4)16(15,20)11(18)21-5/h9,19-20H,6-8H2,1-5H3/t9-,13-,14-,15-,16-/m0/s1. The number of esters is 1. The van der Waals surface area contributed by atoms with Gasteiger partial charge in [0.15, 0.2) is 5.60 Å². The SMILES string of the molecule is COC(=O)[C@@]1(O)[C@@]23CC(=O)[C@@]1(C)C(C)(C)[C@@H]2CC[C@]3(C)O. The minimum Gasteiger partial charge on any atom is -0.467 e. The molecule has 21 heavy (non-hydrogen) atoms. The number of methoxy groups -OCH3 is 1. The monoisotopic (exact) mass is 296 g/mol. The van der Waals surface area contributed by atoms with E-state index in [0.29, 0.717) is 12.8 Å². The summed E-state index contributed by atoms with van der Waals surface area (Å²) >= 11 is 0. The van der Waals surface area contributed by atoms with E-state index < -0.39 is 33.4 Å². The Balaban J connectivity index is 2.39. The van der Waals surface area contributed by atoms with Gasteiger partial charge in [-0.3, -0.25) is 4.79 Å². The lowest BCUT2D eigenvalue weighted by molar-refractivity contribution is -0.206. The third-order valence-corrected chi connectivity index (χ3v) is 7.48. The van der Waals surface area contributed by atoms with Gasteiger partial charge in [-0.05, 0) is 38.0 Å². The molecule has 0 heterocycles. The lowest BCUT2D eigenvalue weighted by atomic mass is 9.58. The van der Waals surface area contributed by atoms with Crippen molar-refractivity contribution in [3.05, 3.63) is 0 Å². The first-order valence-corrected chi connectivity index (χ1v) is 7.51. The van der Waals surface area contributed by atoms with Crippen molar-refractivity contribution in [2.45, 2.75) is 58.2 Å². The van der Waals surface area contributed by atoms with Gasteiger partial charge < -0.3 is 14.9 Å². The van der Waals surface area contributed by atoms with Crippen molar-refractivity contribution in [2.75, 3.05) is 7.11 Å². The van der Waals surface area contributed by atoms with Crippen LogP contribution in [0.1, 0.15) is 47.0 Å². The molecule has 3 rings (SSSR count). The summed E-state index contributed by atoms with van der Waals surface area (Å²) in [5.41, 5.74) is -6.20. The van der Waals surface area contributed by atoms with E-state index in [1.54, 1.807) is 13.8 Å². The Hall–Kier alpha value is -0.940. The molecule has 2 N–H and O–H groups in total. The van der Waals surface area contributed by atoms with Gasteiger partial charge in [-0.15, -0.1) is 0 Å². The molecule has 0 aromatic carbocycles. The number of hydrogen-bond acceptors (Lipinski definition) is 5. The van der Waals surface area contributed by atoms with E-state index in [9.17, 15) is 19.8 Å². The van der Waals surface area contributed by atoms with Gasteiger partial charge in [-0.2, -0.15) is 0 Å². The lowest BCUT2D eigenvalue weighted by Crippen LogP contribution is -2.62. The zero-order valence-electron chi connectivity index (χ0n) is 13.3. The molecule has 3 fully saturated rings. The maximum Gasteiger partial charge on any atom is 0.339 e. The smallest absolute Gasteiger partial charge is 0.339 e. The fraction of sp³-hybridized carbons (Fsp3) is 0.875. The number of fused-ring (bicyclic) bond motifs is 1.